The van der Waals surface area contributed by atoms with Gasteiger partial charge in [0.25, 0.3) is 0 Å². The molecule has 0 N–H and O–H groups in total. The Morgan fingerprint density at radius 2 is 2.00 bits per heavy atom. The van der Waals surface area contributed by atoms with Crippen molar-refractivity contribution in [2.75, 3.05) is 0 Å². The fourth-order valence-corrected chi connectivity index (χ4v) is 5.16. The van der Waals surface area contributed by atoms with E-state index in [2.05, 4.69) is 12.7 Å². The Kier molecular flexibility index (Phi) is 2.53. The molecule has 4 aliphatic carbocycles. The number of fused-ring (bicyclic) bond motifs is 4. The van der Waals surface area contributed by atoms with Crippen molar-refractivity contribution in [2.45, 2.75) is 57.8 Å². The SMILES string of the molecule is C=C1CCC2=C(CCC3C2=CCC2CCCC23)C1. The Balaban J connectivity index is 1.71. The zero-order valence-corrected chi connectivity index (χ0v) is 11.4. The van der Waals surface area contributed by atoms with Gasteiger partial charge in [-0.1, -0.05) is 30.2 Å². The summed E-state index contributed by atoms with van der Waals surface area (Å²) in [5.74, 6) is 3.03. The van der Waals surface area contributed by atoms with E-state index in [1.165, 1.54) is 63.4 Å². The van der Waals surface area contributed by atoms with Crippen LogP contribution in [0, 0.1) is 17.8 Å². The molecule has 18 heavy (non-hydrogen) atoms. The maximum atomic E-state index is 4.21. The summed E-state index contributed by atoms with van der Waals surface area (Å²) < 4.78 is 0. The number of hydrogen-bond acceptors (Lipinski definition) is 0. The molecule has 0 aliphatic heterocycles. The van der Waals surface area contributed by atoms with Crippen molar-refractivity contribution in [2.24, 2.45) is 17.8 Å². The molecular formula is C18H24. The molecule has 0 nitrogen and oxygen atoms in total. The minimum absolute atomic E-state index is 0.941. The van der Waals surface area contributed by atoms with Crippen LogP contribution in [0.1, 0.15) is 57.8 Å². The molecule has 0 aromatic carbocycles. The fourth-order valence-electron chi connectivity index (χ4n) is 5.16. The Morgan fingerprint density at radius 3 is 2.94 bits per heavy atom. The van der Waals surface area contributed by atoms with Crippen molar-refractivity contribution in [1.82, 2.24) is 0 Å². The van der Waals surface area contributed by atoms with Crippen molar-refractivity contribution in [3.05, 3.63) is 34.9 Å². The molecular weight excluding hydrogens is 216 g/mol. The van der Waals surface area contributed by atoms with Gasteiger partial charge < -0.3 is 0 Å². The van der Waals surface area contributed by atoms with Gasteiger partial charge in [-0.15, -0.1) is 0 Å². The maximum absolute atomic E-state index is 4.21. The van der Waals surface area contributed by atoms with Gasteiger partial charge in [0.2, 0.25) is 0 Å². The second kappa shape index (κ2) is 4.11. The lowest BCUT2D eigenvalue weighted by Crippen LogP contribution is -2.29. The predicted octanol–water partition coefficient (Wildman–Crippen LogP) is 5.18. The molecule has 0 aromatic heterocycles. The van der Waals surface area contributed by atoms with Crippen molar-refractivity contribution >= 4 is 0 Å². The molecule has 0 heterocycles. The normalized spacial score (nSPS) is 39.0. The predicted molar refractivity (Wildman–Crippen MR) is 76.3 cm³/mol. The van der Waals surface area contributed by atoms with Crippen LogP contribution in [0.3, 0.4) is 0 Å². The molecule has 0 heteroatoms. The van der Waals surface area contributed by atoms with Gasteiger partial charge in [-0.2, -0.15) is 0 Å². The van der Waals surface area contributed by atoms with E-state index >= 15 is 0 Å². The molecule has 4 rings (SSSR count). The molecule has 0 saturated heterocycles. The molecule has 1 fully saturated rings. The van der Waals surface area contributed by atoms with Crippen molar-refractivity contribution in [3.63, 3.8) is 0 Å². The Morgan fingerprint density at radius 1 is 1.06 bits per heavy atom. The minimum atomic E-state index is 0.941. The summed E-state index contributed by atoms with van der Waals surface area (Å²) in [5.41, 5.74) is 6.81. The molecule has 1 saturated carbocycles. The monoisotopic (exact) mass is 240 g/mol. The first kappa shape index (κ1) is 11.1. The van der Waals surface area contributed by atoms with E-state index in [0.717, 1.165) is 17.8 Å². The highest BCUT2D eigenvalue weighted by atomic mass is 14.5. The highest BCUT2D eigenvalue weighted by Gasteiger charge is 2.40. The quantitative estimate of drug-likeness (QED) is 0.512. The summed E-state index contributed by atoms with van der Waals surface area (Å²) in [4.78, 5) is 0. The molecule has 3 atom stereocenters. The average molecular weight is 240 g/mol. The number of allylic oxidation sites excluding steroid dienone is 5. The van der Waals surface area contributed by atoms with E-state index in [1.54, 1.807) is 16.7 Å². The van der Waals surface area contributed by atoms with Crippen molar-refractivity contribution in [1.29, 1.82) is 0 Å². The second-order valence-corrected chi connectivity index (χ2v) is 6.90. The van der Waals surface area contributed by atoms with Crippen LogP contribution in [0.25, 0.3) is 0 Å². The van der Waals surface area contributed by atoms with Crippen LogP contribution in [0.4, 0.5) is 0 Å². The zero-order chi connectivity index (χ0) is 12.1. The summed E-state index contributed by atoms with van der Waals surface area (Å²) in [6.07, 6.45) is 15.1. The smallest absolute Gasteiger partial charge is 0.0105 e. The van der Waals surface area contributed by atoms with Crippen LogP contribution in [-0.4, -0.2) is 0 Å². The van der Waals surface area contributed by atoms with E-state index < -0.39 is 0 Å². The molecule has 3 unspecified atom stereocenters. The third-order valence-electron chi connectivity index (χ3n) is 6.00. The highest BCUT2D eigenvalue weighted by Crippen LogP contribution is 2.53. The van der Waals surface area contributed by atoms with Crippen LogP contribution >= 0.6 is 0 Å². The Labute approximate surface area is 111 Å². The van der Waals surface area contributed by atoms with Crippen LogP contribution in [-0.2, 0) is 0 Å². The third-order valence-corrected chi connectivity index (χ3v) is 6.00. The molecule has 0 amide bonds. The van der Waals surface area contributed by atoms with Gasteiger partial charge >= 0.3 is 0 Å². The second-order valence-electron chi connectivity index (χ2n) is 6.90. The third kappa shape index (κ3) is 1.57. The van der Waals surface area contributed by atoms with Gasteiger partial charge in [-0.25, -0.2) is 0 Å². The van der Waals surface area contributed by atoms with Gasteiger partial charge in [-0.3, -0.25) is 0 Å². The summed E-state index contributed by atoms with van der Waals surface area (Å²) in [7, 11) is 0. The van der Waals surface area contributed by atoms with E-state index in [1.807, 2.05) is 0 Å². The van der Waals surface area contributed by atoms with Crippen molar-refractivity contribution < 1.29 is 0 Å². The number of hydrogen-bond donors (Lipinski definition) is 0. The first-order valence-electron chi connectivity index (χ1n) is 7.91. The van der Waals surface area contributed by atoms with Crippen LogP contribution in [0.5, 0.6) is 0 Å². The van der Waals surface area contributed by atoms with E-state index in [4.69, 9.17) is 0 Å². The van der Waals surface area contributed by atoms with Gasteiger partial charge in [-0.05, 0) is 80.3 Å². The number of rotatable bonds is 0. The standard InChI is InChI=1S/C18H24/c1-12-5-8-16-14(11-12)7-10-17-15-4-2-3-13(15)6-9-18(16)17/h9,13,15,17H,1-8,10-11H2. The van der Waals surface area contributed by atoms with Gasteiger partial charge in [0.15, 0.2) is 0 Å². The maximum Gasteiger partial charge on any atom is -0.0105 e. The zero-order valence-electron chi connectivity index (χ0n) is 11.4. The molecule has 0 bridgehead atoms. The first-order chi connectivity index (χ1) is 8.83. The summed E-state index contributed by atoms with van der Waals surface area (Å²) in [6.45, 7) is 4.21. The van der Waals surface area contributed by atoms with E-state index in [9.17, 15) is 0 Å². The lowest BCUT2D eigenvalue weighted by molar-refractivity contribution is 0.257. The highest BCUT2D eigenvalue weighted by molar-refractivity contribution is 5.45. The summed E-state index contributed by atoms with van der Waals surface area (Å²) >= 11 is 0. The van der Waals surface area contributed by atoms with Crippen LogP contribution in [0.2, 0.25) is 0 Å². The molecule has 0 aromatic rings. The lowest BCUT2D eigenvalue weighted by atomic mass is 9.64. The van der Waals surface area contributed by atoms with Crippen LogP contribution < -0.4 is 0 Å². The average Bonchev–Trinajstić information content (AvgIpc) is 2.86. The van der Waals surface area contributed by atoms with Crippen molar-refractivity contribution in [3.8, 4) is 0 Å². The Hall–Kier alpha value is -0.780. The topological polar surface area (TPSA) is 0 Å². The van der Waals surface area contributed by atoms with Gasteiger partial charge in [0, 0.05) is 0 Å². The summed E-state index contributed by atoms with van der Waals surface area (Å²) in [6, 6.07) is 0. The molecule has 0 radical (unpaired) electrons. The van der Waals surface area contributed by atoms with E-state index in [-0.39, 0.29) is 0 Å². The van der Waals surface area contributed by atoms with Gasteiger partial charge in [0.05, 0.1) is 0 Å². The lowest BCUT2D eigenvalue weighted by Gasteiger charge is -2.41. The van der Waals surface area contributed by atoms with Gasteiger partial charge in [0.1, 0.15) is 0 Å². The molecule has 96 valence electrons. The van der Waals surface area contributed by atoms with Crippen LogP contribution in [0.15, 0.2) is 34.9 Å². The largest absolute Gasteiger partial charge is 0.0995 e. The summed E-state index contributed by atoms with van der Waals surface area (Å²) in [5, 5.41) is 0. The minimum Gasteiger partial charge on any atom is -0.0995 e. The molecule has 0 spiro atoms. The van der Waals surface area contributed by atoms with E-state index in [0.29, 0.717) is 0 Å². The first-order valence-corrected chi connectivity index (χ1v) is 7.91. The fraction of sp³-hybridized carbons (Fsp3) is 0.667. The Bertz CT molecular complexity index is 449. The molecule has 4 aliphatic rings.